The molecule has 25 heavy (non-hydrogen) atoms. The third-order valence-electron chi connectivity index (χ3n) is 4.60. The van der Waals surface area contributed by atoms with Crippen LogP contribution in [0.1, 0.15) is 28.2 Å². The highest BCUT2D eigenvalue weighted by Crippen LogP contribution is 2.29. The molecule has 0 saturated heterocycles. The van der Waals surface area contributed by atoms with Gasteiger partial charge in [0.1, 0.15) is 5.82 Å². The summed E-state index contributed by atoms with van der Waals surface area (Å²) in [5.74, 6) is -0.0190. The van der Waals surface area contributed by atoms with Crippen molar-refractivity contribution in [3.8, 4) is 0 Å². The summed E-state index contributed by atoms with van der Waals surface area (Å²) in [5.41, 5.74) is 4.46. The minimum Gasteiger partial charge on any atom is -0.383 e. The van der Waals surface area contributed by atoms with Gasteiger partial charge in [-0.15, -0.1) is 0 Å². The zero-order chi connectivity index (χ0) is 18.2. The number of hydrogen-bond donors (Lipinski definition) is 0. The topological polar surface area (TPSA) is 21.7 Å². The Hall–Kier alpha value is -1.75. The van der Waals surface area contributed by atoms with Crippen LogP contribution in [0, 0.1) is 19.7 Å². The molecule has 0 aliphatic rings. The first-order valence-electron chi connectivity index (χ1n) is 8.64. The standard InChI is InChI=1S/C21H28FNO2/c1-16-8-7-9-17(2)21(16)19(15-23(25-4)12-13-24-3)14-18-10-5-6-11-20(18)22/h5-11,19H,12-15H2,1-4H3. The fourth-order valence-electron chi connectivity index (χ4n) is 3.35. The summed E-state index contributed by atoms with van der Waals surface area (Å²) in [7, 11) is 3.34. The molecule has 0 spiro atoms. The summed E-state index contributed by atoms with van der Waals surface area (Å²) < 4.78 is 19.4. The molecule has 2 aromatic rings. The van der Waals surface area contributed by atoms with E-state index >= 15 is 0 Å². The monoisotopic (exact) mass is 345 g/mol. The zero-order valence-electron chi connectivity index (χ0n) is 15.6. The van der Waals surface area contributed by atoms with E-state index in [2.05, 4.69) is 32.0 Å². The average molecular weight is 345 g/mol. The fourth-order valence-corrected chi connectivity index (χ4v) is 3.35. The summed E-state index contributed by atoms with van der Waals surface area (Å²) in [6.07, 6.45) is 0.630. The summed E-state index contributed by atoms with van der Waals surface area (Å²) in [6.45, 7) is 6.17. The molecule has 0 aromatic heterocycles. The molecule has 0 fully saturated rings. The third kappa shape index (κ3) is 5.36. The molecule has 2 aromatic carbocycles. The van der Waals surface area contributed by atoms with Gasteiger partial charge in [-0.05, 0) is 48.6 Å². The van der Waals surface area contributed by atoms with E-state index in [1.54, 1.807) is 20.3 Å². The van der Waals surface area contributed by atoms with E-state index in [1.807, 2.05) is 17.2 Å². The predicted molar refractivity (Wildman–Crippen MR) is 99.2 cm³/mol. The van der Waals surface area contributed by atoms with Gasteiger partial charge in [-0.1, -0.05) is 36.4 Å². The van der Waals surface area contributed by atoms with Crippen LogP contribution >= 0.6 is 0 Å². The maximum Gasteiger partial charge on any atom is 0.126 e. The van der Waals surface area contributed by atoms with Crippen LogP contribution < -0.4 is 0 Å². The Morgan fingerprint density at radius 3 is 2.28 bits per heavy atom. The maximum atomic E-state index is 14.2. The lowest BCUT2D eigenvalue weighted by atomic mass is 9.86. The van der Waals surface area contributed by atoms with Crippen LogP contribution in [0.3, 0.4) is 0 Å². The van der Waals surface area contributed by atoms with E-state index in [9.17, 15) is 4.39 Å². The van der Waals surface area contributed by atoms with E-state index < -0.39 is 0 Å². The second-order valence-corrected chi connectivity index (χ2v) is 6.36. The van der Waals surface area contributed by atoms with Crippen LogP contribution in [0.4, 0.5) is 4.39 Å². The average Bonchev–Trinajstić information content (AvgIpc) is 2.60. The van der Waals surface area contributed by atoms with E-state index in [-0.39, 0.29) is 11.7 Å². The Labute approximate surface area is 150 Å². The molecule has 2 rings (SSSR count). The number of benzene rings is 2. The van der Waals surface area contributed by atoms with E-state index in [0.717, 1.165) is 5.56 Å². The number of ether oxygens (including phenoxy) is 1. The summed E-state index contributed by atoms with van der Waals surface area (Å²) >= 11 is 0. The molecule has 0 heterocycles. The van der Waals surface area contributed by atoms with Gasteiger partial charge in [-0.25, -0.2) is 4.39 Å². The Balaban J connectivity index is 2.32. The van der Waals surface area contributed by atoms with Crippen molar-refractivity contribution in [1.29, 1.82) is 0 Å². The van der Waals surface area contributed by atoms with E-state index in [0.29, 0.717) is 26.1 Å². The van der Waals surface area contributed by atoms with Crippen LogP contribution in [0.5, 0.6) is 0 Å². The lowest BCUT2D eigenvalue weighted by Gasteiger charge is -2.28. The van der Waals surface area contributed by atoms with Crippen LogP contribution in [0.2, 0.25) is 0 Å². The number of methoxy groups -OCH3 is 1. The van der Waals surface area contributed by atoms with Crippen molar-refractivity contribution in [3.63, 3.8) is 0 Å². The first-order chi connectivity index (χ1) is 12.1. The lowest BCUT2D eigenvalue weighted by Crippen LogP contribution is -2.32. The van der Waals surface area contributed by atoms with Gasteiger partial charge in [0.2, 0.25) is 0 Å². The van der Waals surface area contributed by atoms with Gasteiger partial charge in [0.15, 0.2) is 0 Å². The number of hydroxylamine groups is 2. The summed E-state index contributed by atoms with van der Waals surface area (Å²) in [6, 6.07) is 13.3. The van der Waals surface area contributed by atoms with Gasteiger partial charge in [-0.2, -0.15) is 5.06 Å². The first kappa shape index (κ1) is 19.6. The minimum absolute atomic E-state index is 0.134. The highest BCUT2D eigenvalue weighted by molar-refractivity contribution is 5.38. The molecule has 3 nitrogen and oxygen atoms in total. The Bertz CT molecular complexity index is 654. The van der Waals surface area contributed by atoms with Crippen LogP contribution in [0.25, 0.3) is 0 Å². The molecule has 136 valence electrons. The van der Waals surface area contributed by atoms with E-state index in [4.69, 9.17) is 9.57 Å². The van der Waals surface area contributed by atoms with Gasteiger partial charge < -0.3 is 9.57 Å². The minimum atomic E-state index is -0.153. The number of hydrogen-bond acceptors (Lipinski definition) is 3. The predicted octanol–water partition coefficient (Wildman–Crippen LogP) is 4.28. The molecule has 0 aliphatic carbocycles. The Kier molecular flexibility index (Phi) is 7.56. The molecular weight excluding hydrogens is 317 g/mol. The van der Waals surface area contributed by atoms with Crippen molar-refractivity contribution in [2.45, 2.75) is 26.2 Å². The normalized spacial score (nSPS) is 12.6. The van der Waals surface area contributed by atoms with Gasteiger partial charge >= 0.3 is 0 Å². The third-order valence-corrected chi connectivity index (χ3v) is 4.60. The van der Waals surface area contributed by atoms with Crippen molar-refractivity contribution in [1.82, 2.24) is 5.06 Å². The van der Waals surface area contributed by atoms with Gasteiger partial charge in [-0.3, -0.25) is 0 Å². The Morgan fingerprint density at radius 2 is 1.68 bits per heavy atom. The van der Waals surface area contributed by atoms with Crippen molar-refractivity contribution in [2.75, 3.05) is 33.9 Å². The molecule has 0 radical (unpaired) electrons. The number of aryl methyl sites for hydroxylation is 2. The van der Waals surface area contributed by atoms with Crippen LogP contribution in [-0.2, 0) is 16.0 Å². The first-order valence-corrected chi connectivity index (χ1v) is 8.64. The van der Waals surface area contributed by atoms with Crippen molar-refractivity contribution in [2.24, 2.45) is 0 Å². The molecule has 0 N–H and O–H groups in total. The highest BCUT2D eigenvalue weighted by atomic mass is 19.1. The van der Waals surface area contributed by atoms with Gasteiger partial charge in [0.05, 0.1) is 13.7 Å². The quantitative estimate of drug-likeness (QED) is 0.633. The second kappa shape index (κ2) is 9.66. The molecule has 4 heteroatoms. The smallest absolute Gasteiger partial charge is 0.126 e. The second-order valence-electron chi connectivity index (χ2n) is 6.36. The van der Waals surface area contributed by atoms with Crippen LogP contribution in [-0.4, -0.2) is 39.0 Å². The molecule has 0 aliphatic heterocycles. The number of nitrogens with zero attached hydrogens (tertiary/aromatic N) is 1. The summed E-state index contributed by atoms with van der Waals surface area (Å²) in [4.78, 5) is 5.51. The van der Waals surface area contributed by atoms with Gasteiger partial charge in [0, 0.05) is 26.1 Å². The Morgan fingerprint density at radius 1 is 1.00 bits per heavy atom. The lowest BCUT2D eigenvalue weighted by molar-refractivity contribution is -0.142. The molecule has 1 unspecified atom stereocenters. The van der Waals surface area contributed by atoms with Gasteiger partial charge in [0.25, 0.3) is 0 Å². The highest BCUT2D eigenvalue weighted by Gasteiger charge is 2.21. The largest absolute Gasteiger partial charge is 0.383 e. The van der Waals surface area contributed by atoms with Crippen LogP contribution in [0.15, 0.2) is 42.5 Å². The van der Waals surface area contributed by atoms with Crippen molar-refractivity contribution in [3.05, 3.63) is 70.5 Å². The fraction of sp³-hybridized carbons (Fsp3) is 0.429. The van der Waals surface area contributed by atoms with Crippen molar-refractivity contribution >= 4 is 0 Å². The molecule has 0 bridgehead atoms. The summed E-state index contributed by atoms with van der Waals surface area (Å²) in [5, 5.41) is 1.89. The molecule has 1 atom stereocenters. The zero-order valence-corrected chi connectivity index (χ0v) is 15.6. The molecule has 0 amide bonds. The molecular formula is C21H28FNO2. The number of rotatable bonds is 9. The SMILES string of the molecule is COCCN(CC(Cc1ccccc1F)c1c(C)cccc1C)OC. The molecule has 0 saturated carbocycles. The maximum absolute atomic E-state index is 14.2. The van der Waals surface area contributed by atoms with Crippen molar-refractivity contribution < 1.29 is 14.0 Å². The number of halogens is 1. The van der Waals surface area contributed by atoms with E-state index in [1.165, 1.54) is 22.8 Å².